The van der Waals surface area contributed by atoms with Crippen LogP contribution in [0.3, 0.4) is 0 Å². The minimum atomic E-state index is -0.0211. The number of hydrogen-bond donors (Lipinski definition) is 0. The Morgan fingerprint density at radius 2 is 1.68 bits per heavy atom. The second kappa shape index (κ2) is 6.81. The van der Waals surface area contributed by atoms with E-state index in [-0.39, 0.29) is 11.8 Å². The lowest BCUT2D eigenvalue weighted by atomic mass is 10.0. The van der Waals surface area contributed by atoms with Crippen LogP contribution in [0.1, 0.15) is 34.8 Å². The predicted molar refractivity (Wildman–Crippen MR) is 85.2 cm³/mol. The molecule has 0 atom stereocenters. The lowest BCUT2D eigenvalue weighted by Crippen LogP contribution is -2.50. The third-order valence-electron chi connectivity index (χ3n) is 4.08. The monoisotopic (exact) mass is 304 g/mol. The van der Waals surface area contributed by atoms with Crippen LogP contribution in [0.2, 0.25) is 0 Å². The first kappa shape index (κ1) is 16.3. The third kappa shape index (κ3) is 3.24. The number of hydrogen-bond acceptors (Lipinski definition) is 3. The summed E-state index contributed by atoms with van der Waals surface area (Å²) in [6.07, 6.45) is 0.513. The van der Waals surface area contributed by atoms with E-state index in [1.54, 1.807) is 12.0 Å². The van der Waals surface area contributed by atoms with Crippen LogP contribution in [0, 0.1) is 13.8 Å². The van der Waals surface area contributed by atoms with Gasteiger partial charge in [-0.25, -0.2) is 0 Å². The molecule has 1 aliphatic rings. The van der Waals surface area contributed by atoms with Gasteiger partial charge in [0, 0.05) is 32.6 Å². The van der Waals surface area contributed by atoms with Gasteiger partial charge in [0.05, 0.1) is 12.7 Å². The normalized spacial score (nSPS) is 14.9. The van der Waals surface area contributed by atoms with Crippen molar-refractivity contribution in [3.8, 4) is 5.75 Å². The van der Waals surface area contributed by atoms with Crippen molar-refractivity contribution < 1.29 is 14.3 Å². The minimum absolute atomic E-state index is 0.0211. The minimum Gasteiger partial charge on any atom is -0.496 e. The molecule has 0 bridgehead atoms. The van der Waals surface area contributed by atoms with Crippen LogP contribution in [0.4, 0.5) is 0 Å². The lowest BCUT2D eigenvalue weighted by Gasteiger charge is -2.35. The maximum Gasteiger partial charge on any atom is 0.257 e. The van der Waals surface area contributed by atoms with E-state index in [0.717, 1.165) is 11.1 Å². The molecule has 0 radical (unpaired) electrons. The Labute approximate surface area is 131 Å². The fourth-order valence-corrected chi connectivity index (χ4v) is 2.94. The van der Waals surface area contributed by atoms with Crippen LogP contribution >= 0.6 is 0 Å². The van der Waals surface area contributed by atoms with Gasteiger partial charge in [0.15, 0.2) is 0 Å². The number of nitrogens with zero attached hydrogens (tertiary/aromatic N) is 2. The van der Waals surface area contributed by atoms with Crippen molar-refractivity contribution in [2.75, 3.05) is 33.3 Å². The van der Waals surface area contributed by atoms with Crippen LogP contribution < -0.4 is 4.74 Å². The molecule has 2 rings (SSSR count). The summed E-state index contributed by atoms with van der Waals surface area (Å²) >= 11 is 0. The average molecular weight is 304 g/mol. The van der Waals surface area contributed by atoms with Gasteiger partial charge in [-0.2, -0.15) is 0 Å². The molecule has 1 aromatic rings. The summed E-state index contributed by atoms with van der Waals surface area (Å²) in [5.41, 5.74) is 2.61. The van der Waals surface area contributed by atoms with Crippen LogP contribution in [0.5, 0.6) is 5.75 Å². The van der Waals surface area contributed by atoms with Crippen LogP contribution in [-0.4, -0.2) is 54.9 Å². The number of aryl methyl sites for hydroxylation is 2. The van der Waals surface area contributed by atoms with Gasteiger partial charge in [-0.1, -0.05) is 13.0 Å². The van der Waals surface area contributed by atoms with E-state index < -0.39 is 0 Å². The van der Waals surface area contributed by atoms with Crippen molar-refractivity contribution >= 4 is 11.8 Å². The van der Waals surface area contributed by atoms with Crippen LogP contribution in [0.25, 0.3) is 0 Å². The summed E-state index contributed by atoms with van der Waals surface area (Å²) in [4.78, 5) is 28.1. The average Bonchev–Trinajstić information content (AvgIpc) is 2.53. The molecule has 22 heavy (non-hydrogen) atoms. The van der Waals surface area contributed by atoms with Crippen molar-refractivity contribution in [2.24, 2.45) is 0 Å². The molecule has 5 heteroatoms. The molecule has 2 amide bonds. The smallest absolute Gasteiger partial charge is 0.257 e. The molecule has 1 aromatic carbocycles. The van der Waals surface area contributed by atoms with Crippen molar-refractivity contribution in [3.05, 3.63) is 28.8 Å². The van der Waals surface area contributed by atoms with E-state index in [4.69, 9.17) is 4.74 Å². The SMILES string of the molecule is CCC(=O)N1CCN(C(=O)c2cc(C)cc(C)c2OC)CC1. The van der Waals surface area contributed by atoms with Gasteiger partial charge in [-0.3, -0.25) is 9.59 Å². The fourth-order valence-electron chi connectivity index (χ4n) is 2.94. The lowest BCUT2D eigenvalue weighted by molar-refractivity contribution is -0.132. The number of amides is 2. The van der Waals surface area contributed by atoms with Gasteiger partial charge in [0.1, 0.15) is 5.75 Å². The third-order valence-corrected chi connectivity index (χ3v) is 4.08. The summed E-state index contributed by atoms with van der Waals surface area (Å²) in [6.45, 7) is 8.13. The zero-order valence-corrected chi connectivity index (χ0v) is 13.8. The van der Waals surface area contributed by atoms with E-state index in [9.17, 15) is 9.59 Å². The molecule has 0 N–H and O–H groups in total. The Bertz CT molecular complexity index is 576. The molecule has 1 heterocycles. The molecule has 0 saturated carbocycles. The summed E-state index contributed by atoms with van der Waals surface area (Å²) in [5, 5.41) is 0. The Morgan fingerprint density at radius 1 is 1.09 bits per heavy atom. The summed E-state index contributed by atoms with van der Waals surface area (Å²) < 4.78 is 5.41. The quantitative estimate of drug-likeness (QED) is 0.858. The number of piperazine rings is 1. The maximum atomic E-state index is 12.8. The number of carbonyl (C=O) groups excluding carboxylic acids is 2. The molecule has 0 aliphatic carbocycles. The topological polar surface area (TPSA) is 49.9 Å². The molecule has 0 unspecified atom stereocenters. The Kier molecular flexibility index (Phi) is 5.06. The highest BCUT2D eigenvalue weighted by Gasteiger charge is 2.26. The molecular formula is C17H24N2O3. The van der Waals surface area contributed by atoms with E-state index in [0.29, 0.717) is 43.9 Å². The van der Waals surface area contributed by atoms with E-state index >= 15 is 0 Å². The zero-order valence-electron chi connectivity index (χ0n) is 13.8. The summed E-state index contributed by atoms with van der Waals surface area (Å²) in [7, 11) is 1.59. The number of rotatable bonds is 3. The van der Waals surface area contributed by atoms with Gasteiger partial charge >= 0.3 is 0 Å². The van der Waals surface area contributed by atoms with Crippen LogP contribution in [-0.2, 0) is 4.79 Å². The van der Waals surface area contributed by atoms with E-state index in [2.05, 4.69) is 0 Å². The highest BCUT2D eigenvalue weighted by molar-refractivity contribution is 5.97. The van der Waals surface area contributed by atoms with Crippen molar-refractivity contribution in [1.29, 1.82) is 0 Å². The highest BCUT2D eigenvalue weighted by Crippen LogP contribution is 2.26. The summed E-state index contributed by atoms with van der Waals surface area (Å²) in [6, 6.07) is 3.88. The second-order valence-electron chi connectivity index (χ2n) is 5.69. The number of carbonyl (C=O) groups is 2. The second-order valence-corrected chi connectivity index (χ2v) is 5.69. The van der Waals surface area contributed by atoms with Gasteiger partial charge in [0.2, 0.25) is 5.91 Å². The van der Waals surface area contributed by atoms with E-state index in [1.165, 1.54) is 0 Å². The maximum absolute atomic E-state index is 12.8. The Hall–Kier alpha value is -2.04. The number of methoxy groups -OCH3 is 1. The standard InChI is InChI=1S/C17H24N2O3/c1-5-15(20)18-6-8-19(9-7-18)17(21)14-11-12(2)10-13(3)16(14)22-4/h10-11H,5-9H2,1-4H3. The van der Waals surface area contributed by atoms with Crippen molar-refractivity contribution in [3.63, 3.8) is 0 Å². The van der Waals surface area contributed by atoms with Crippen molar-refractivity contribution in [1.82, 2.24) is 9.80 Å². The first-order valence-corrected chi connectivity index (χ1v) is 7.70. The number of ether oxygens (including phenoxy) is 1. The van der Waals surface area contributed by atoms with Gasteiger partial charge in [-0.15, -0.1) is 0 Å². The Balaban J connectivity index is 2.15. The Morgan fingerprint density at radius 3 is 2.23 bits per heavy atom. The van der Waals surface area contributed by atoms with Gasteiger partial charge < -0.3 is 14.5 Å². The molecule has 120 valence electrons. The van der Waals surface area contributed by atoms with Gasteiger partial charge in [0.25, 0.3) is 5.91 Å². The molecule has 0 aromatic heterocycles. The molecule has 5 nitrogen and oxygen atoms in total. The molecular weight excluding hydrogens is 280 g/mol. The molecule has 1 saturated heterocycles. The first-order valence-electron chi connectivity index (χ1n) is 7.70. The van der Waals surface area contributed by atoms with Gasteiger partial charge in [-0.05, 0) is 31.0 Å². The molecule has 0 spiro atoms. The summed E-state index contributed by atoms with van der Waals surface area (Å²) in [5.74, 6) is 0.769. The predicted octanol–water partition coefficient (Wildman–Crippen LogP) is 2.01. The van der Waals surface area contributed by atoms with Crippen molar-refractivity contribution in [2.45, 2.75) is 27.2 Å². The largest absolute Gasteiger partial charge is 0.496 e. The fraction of sp³-hybridized carbons (Fsp3) is 0.529. The first-order chi connectivity index (χ1) is 10.5. The number of benzene rings is 1. The molecule has 1 aliphatic heterocycles. The molecule has 1 fully saturated rings. The zero-order chi connectivity index (χ0) is 16.3. The van der Waals surface area contributed by atoms with E-state index in [1.807, 2.05) is 37.8 Å². The van der Waals surface area contributed by atoms with Crippen LogP contribution in [0.15, 0.2) is 12.1 Å². The highest BCUT2D eigenvalue weighted by atomic mass is 16.5.